The van der Waals surface area contributed by atoms with E-state index in [0.29, 0.717) is 36.7 Å². The minimum Gasteiger partial charge on any atom is -0.494 e. The molecule has 5 rings (SSSR count). The second-order valence-corrected chi connectivity index (χ2v) is 11.6. The van der Waals surface area contributed by atoms with Crippen molar-refractivity contribution in [3.05, 3.63) is 77.4 Å². The molecule has 206 valence electrons. The van der Waals surface area contributed by atoms with Crippen LogP contribution in [-0.2, 0) is 16.6 Å². The molecule has 0 saturated carbocycles. The Labute approximate surface area is 229 Å². The van der Waals surface area contributed by atoms with Crippen molar-refractivity contribution in [3.8, 4) is 17.2 Å². The number of piperazine rings is 1. The van der Waals surface area contributed by atoms with Crippen LogP contribution in [0.25, 0.3) is 0 Å². The first-order valence-corrected chi connectivity index (χ1v) is 14.4. The number of nitrogens with zero attached hydrogens (tertiary/aromatic N) is 3. The number of hydrogen-bond acceptors (Lipinski definition) is 7. The zero-order valence-corrected chi connectivity index (χ0v) is 23.2. The van der Waals surface area contributed by atoms with Crippen LogP contribution in [0.3, 0.4) is 0 Å². The fourth-order valence-electron chi connectivity index (χ4n) is 4.78. The Bertz CT molecular complexity index is 1450. The molecule has 1 amide bonds. The van der Waals surface area contributed by atoms with Crippen molar-refractivity contribution in [1.29, 1.82) is 0 Å². The van der Waals surface area contributed by atoms with Gasteiger partial charge in [0.15, 0.2) is 11.5 Å². The minimum absolute atomic E-state index is 0.0780. The predicted molar refractivity (Wildman–Crippen MR) is 148 cm³/mol. The van der Waals surface area contributed by atoms with Gasteiger partial charge < -0.3 is 19.1 Å². The molecule has 0 aliphatic carbocycles. The average Bonchev–Trinajstić information content (AvgIpc) is 3.41. The summed E-state index contributed by atoms with van der Waals surface area (Å²) in [5.74, 6) is 2.04. The van der Waals surface area contributed by atoms with Crippen molar-refractivity contribution in [2.24, 2.45) is 0 Å². The molecule has 39 heavy (non-hydrogen) atoms. The summed E-state index contributed by atoms with van der Waals surface area (Å²) in [6, 6.07) is 17.6. The van der Waals surface area contributed by atoms with Crippen LogP contribution in [0, 0.1) is 6.92 Å². The zero-order chi connectivity index (χ0) is 27.6. The van der Waals surface area contributed by atoms with Crippen LogP contribution in [0.15, 0.2) is 65.6 Å². The van der Waals surface area contributed by atoms with E-state index in [0.717, 1.165) is 42.3 Å². The van der Waals surface area contributed by atoms with Crippen molar-refractivity contribution >= 4 is 21.6 Å². The highest BCUT2D eigenvalue weighted by Crippen LogP contribution is 2.33. The maximum atomic E-state index is 13.5. The van der Waals surface area contributed by atoms with E-state index in [1.807, 2.05) is 32.0 Å². The van der Waals surface area contributed by atoms with E-state index >= 15 is 0 Å². The molecular weight excluding hydrogens is 518 g/mol. The Morgan fingerprint density at radius 2 is 1.67 bits per heavy atom. The lowest BCUT2D eigenvalue weighted by Crippen LogP contribution is -2.48. The molecule has 0 bridgehead atoms. The van der Waals surface area contributed by atoms with Crippen molar-refractivity contribution in [2.45, 2.75) is 25.3 Å². The molecule has 1 fully saturated rings. The lowest BCUT2D eigenvalue weighted by atomic mass is 10.1. The monoisotopic (exact) mass is 551 g/mol. The van der Waals surface area contributed by atoms with Crippen LogP contribution in [0.2, 0.25) is 0 Å². The second kappa shape index (κ2) is 11.2. The number of amides is 1. The highest BCUT2D eigenvalue weighted by Gasteiger charge is 2.27. The van der Waals surface area contributed by atoms with Gasteiger partial charge in [-0.1, -0.05) is 12.1 Å². The molecule has 0 atom stereocenters. The summed E-state index contributed by atoms with van der Waals surface area (Å²) in [4.78, 5) is 17.7. The first-order chi connectivity index (χ1) is 18.8. The van der Waals surface area contributed by atoms with E-state index in [9.17, 15) is 13.2 Å². The SMILES string of the molecule is CCOc1ccc(N(C)S(=O)(=O)c2ccc(C)c(C(=O)N3CCN(Cc4ccc5c(c4)OCO5)CC3)c2)cc1. The van der Waals surface area contributed by atoms with Crippen molar-refractivity contribution in [1.82, 2.24) is 9.80 Å². The molecule has 0 N–H and O–H groups in total. The third kappa shape index (κ3) is 5.67. The standard InChI is InChI=1S/C29H33N3O6S/c1-4-36-24-9-7-23(8-10-24)30(3)39(34,35)25-11-5-21(2)26(18-25)29(33)32-15-13-31(14-16-32)19-22-6-12-27-28(17-22)38-20-37-27/h5-12,17-18H,4,13-16,19-20H2,1-3H3. The number of fused-ring (bicyclic) bond motifs is 1. The van der Waals surface area contributed by atoms with Crippen LogP contribution in [0.4, 0.5) is 5.69 Å². The number of carbonyl (C=O) groups excluding carboxylic acids is 1. The van der Waals surface area contributed by atoms with E-state index < -0.39 is 10.0 Å². The smallest absolute Gasteiger partial charge is 0.264 e. The van der Waals surface area contributed by atoms with Crippen molar-refractivity contribution in [3.63, 3.8) is 0 Å². The van der Waals surface area contributed by atoms with E-state index in [1.54, 1.807) is 41.3 Å². The normalized spacial score (nSPS) is 15.3. The third-order valence-electron chi connectivity index (χ3n) is 7.11. The molecule has 0 unspecified atom stereocenters. The van der Waals surface area contributed by atoms with Gasteiger partial charge in [0, 0.05) is 45.3 Å². The molecule has 0 aromatic heterocycles. The van der Waals surface area contributed by atoms with Gasteiger partial charge in [-0.25, -0.2) is 8.42 Å². The molecule has 2 aliphatic rings. The van der Waals surface area contributed by atoms with Gasteiger partial charge in [0.05, 0.1) is 17.2 Å². The van der Waals surface area contributed by atoms with Crippen molar-refractivity contribution in [2.75, 3.05) is 50.9 Å². The molecular formula is C29H33N3O6S. The highest BCUT2D eigenvalue weighted by molar-refractivity contribution is 7.92. The number of anilines is 1. The minimum atomic E-state index is -3.87. The van der Waals surface area contributed by atoms with Gasteiger partial charge in [-0.3, -0.25) is 14.0 Å². The summed E-state index contributed by atoms with van der Waals surface area (Å²) in [6.45, 7) is 7.82. The number of carbonyl (C=O) groups is 1. The Morgan fingerprint density at radius 1 is 0.949 bits per heavy atom. The fourth-order valence-corrected chi connectivity index (χ4v) is 6.01. The number of ether oxygens (including phenoxy) is 3. The van der Waals surface area contributed by atoms with Gasteiger partial charge in [0.2, 0.25) is 6.79 Å². The summed E-state index contributed by atoms with van der Waals surface area (Å²) < 4.78 is 44.4. The van der Waals surface area contributed by atoms with Crippen molar-refractivity contribution < 1.29 is 27.4 Å². The Balaban J connectivity index is 1.25. The Morgan fingerprint density at radius 3 is 2.38 bits per heavy atom. The summed E-state index contributed by atoms with van der Waals surface area (Å²) in [7, 11) is -2.37. The van der Waals surface area contributed by atoms with Crippen LogP contribution in [0.1, 0.15) is 28.4 Å². The van der Waals surface area contributed by atoms with Gasteiger partial charge in [-0.05, 0) is 73.5 Å². The number of rotatable bonds is 8. The maximum Gasteiger partial charge on any atom is 0.264 e. The molecule has 2 heterocycles. The number of hydrogen-bond donors (Lipinski definition) is 0. The predicted octanol–water partition coefficient (Wildman–Crippen LogP) is 3.91. The number of aryl methyl sites for hydroxylation is 1. The summed E-state index contributed by atoms with van der Waals surface area (Å²) in [5, 5.41) is 0. The number of sulfonamides is 1. The summed E-state index contributed by atoms with van der Waals surface area (Å²) in [6.07, 6.45) is 0. The van der Waals surface area contributed by atoms with Gasteiger partial charge in [0.25, 0.3) is 15.9 Å². The summed E-state index contributed by atoms with van der Waals surface area (Å²) in [5.41, 5.74) is 2.78. The zero-order valence-electron chi connectivity index (χ0n) is 22.4. The van der Waals surface area contributed by atoms with Gasteiger partial charge >= 0.3 is 0 Å². The Hall–Kier alpha value is -3.76. The average molecular weight is 552 g/mol. The second-order valence-electron chi connectivity index (χ2n) is 9.63. The fraction of sp³-hybridized carbons (Fsp3) is 0.345. The number of benzene rings is 3. The molecule has 10 heteroatoms. The first kappa shape index (κ1) is 26.8. The molecule has 1 saturated heterocycles. The molecule has 3 aromatic carbocycles. The van der Waals surface area contributed by atoms with E-state index in [4.69, 9.17) is 14.2 Å². The van der Waals surface area contributed by atoms with Gasteiger partial charge in [-0.2, -0.15) is 0 Å². The maximum absolute atomic E-state index is 13.5. The molecule has 0 spiro atoms. The lowest BCUT2D eigenvalue weighted by Gasteiger charge is -2.35. The first-order valence-electron chi connectivity index (χ1n) is 13.0. The van der Waals surface area contributed by atoms with E-state index in [1.165, 1.54) is 17.4 Å². The van der Waals surface area contributed by atoms with Crippen LogP contribution in [0.5, 0.6) is 17.2 Å². The topological polar surface area (TPSA) is 88.6 Å². The third-order valence-corrected chi connectivity index (χ3v) is 8.89. The van der Waals surface area contributed by atoms with Crippen LogP contribution >= 0.6 is 0 Å². The highest BCUT2D eigenvalue weighted by atomic mass is 32.2. The Kier molecular flexibility index (Phi) is 7.67. The van der Waals surface area contributed by atoms with E-state index in [2.05, 4.69) is 4.90 Å². The van der Waals surface area contributed by atoms with Crippen LogP contribution < -0.4 is 18.5 Å². The van der Waals surface area contributed by atoms with Gasteiger partial charge in [-0.15, -0.1) is 0 Å². The quantitative estimate of drug-likeness (QED) is 0.420. The largest absolute Gasteiger partial charge is 0.494 e. The van der Waals surface area contributed by atoms with Gasteiger partial charge in [0.1, 0.15) is 5.75 Å². The molecule has 3 aromatic rings. The lowest BCUT2D eigenvalue weighted by molar-refractivity contribution is 0.0627. The molecule has 9 nitrogen and oxygen atoms in total. The summed E-state index contributed by atoms with van der Waals surface area (Å²) >= 11 is 0. The van der Waals surface area contributed by atoms with E-state index in [-0.39, 0.29) is 17.6 Å². The molecule has 2 aliphatic heterocycles. The van der Waals surface area contributed by atoms with Crippen LogP contribution in [-0.4, -0.2) is 70.8 Å². The molecule has 0 radical (unpaired) electrons.